The molecular formula is C27H28N4O4. The Morgan fingerprint density at radius 3 is 2.37 bits per heavy atom. The summed E-state index contributed by atoms with van der Waals surface area (Å²) in [6.07, 6.45) is 3.08. The lowest BCUT2D eigenvalue weighted by Crippen LogP contribution is -2.50. The van der Waals surface area contributed by atoms with E-state index in [4.69, 9.17) is 0 Å². The molecule has 1 aliphatic heterocycles. The third kappa shape index (κ3) is 5.90. The molecule has 0 unspecified atom stereocenters. The molecule has 180 valence electrons. The second-order valence-electron chi connectivity index (χ2n) is 8.69. The zero-order valence-electron chi connectivity index (χ0n) is 19.3. The molecule has 4 rings (SSSR count). The predicted molar refractivity (Wildman–Crippen MR) is 131 cm³/mol. The predicted octanol–water partition coefficient (Wildman–Crippen LogP) is 3.09. The van der Waals surface area contributed by atoms with E-state index in [0.717, 1.165) is 15.9 Å². The lowest BCUT2D eigenvalue weighted by atomic mass is 10.0. The van der Waals surface area contributed by atoms with Gasteiger partial charge in [-0.3, -0.25) is 9.59 Å². The van der Waals surface area contributed by atoms with Crippen LogP contribution in [0.4, 0.5) is 0 Å². The monoisotopic (exact) mass is 472 g/mol. The number of carbonyl (C=O) groups excluding carboxylic acids is 2. The Labute approximate surface area is 204 Å². The van der Waals surface area contributed by atoms with Gasteiger partial charge in [-0.2, -0.15) is 4.73 Å². The van der Waals surface area contributed by atoms with E-state index in [1.807, 2.05) is 60.7 Å². The van der Waals surface area contributed by atoms with Crippen molar-refractivity contribution < 1.29 is 14.3 Å². The number of rotatable bonds is 9. The van der Waals surface area contributed by atoms with Crippen LogP contribution in [-0.4, -0.2) is 35.3 Å². The fourth-order valence-corrected chi connectivity index (χ4v) is 4.54. The van der Waals surface area contributed by atoms with Gasteiger partial charge in [-0.1, -0.05) is 71.9 Å². The van der Waals surface area contributed by atoms with E-state index in [2.05, 4.69) is 10.5 Å². The Kier molecular flexibility index (Phi) is 7.82. The molecule has 0 bridgehead atoms. The normalized spacial score (nSPS) is 16.9. The van der Waals surface area contributed by atoms with Crippen LogP contribution in [0.15, 0.2) is 90.2 Å². The summed E-state index contributed by atoms with van der Waals surface area (Å²) in [5, 5.41) is 18.4. The van der Waals surface area contributed by atoms with E-state index in [1.54, 1.807) is 18.2 Å². The van der Waals surface area contributed by atoms with Gasteiger partial charge in [0.05, 0.1) is 12.5 Å². The summed E-state index contributed by atoms with van der Waals surface area (Å²) >= 11 is 0. The summed E-state index contributed by atoms with van der Waals surface area (Å²) in [6.45, 7) is 0.396. The van der Waals surface area contributed by atoms with E-state index < -0.39 is 24.0 Å². The lowest BCUT2D eigenvalue weighted by molar-refractivity contribution is -0.614. The zero-order chi connectivity index (χ0) is 24.6. The second kappa shape index (κ2) is 11.4. The first-order chi connectivity index (χ1) is 17.1. The Hall–Kier alpha value is -4.07. The van der Waals surface area contributed by atoms with Crippen molar-refractivity contribution in [2.24, 2.45) is 5.18 Å². The molecule has 2 aromatic carbocycles. The summed E-state index contributed by atoms with van der Waals surface area (Å²) < 4.78 is 0.789. The fraction of sp³-hybridized carbons (Fsp3) is 0.296. The molecule has 8 heteroatoms. The summed E-state index contributed by atoms with van der Waals surface area (Å²) in [6, 6.07) is 21.6. The quantitative estimate of drug-likeness (QED) is 0.293. The van der Waals surface area contributed by atoms with Gasteiger partial charge in [-0.15, -0.1) is 4.91 Å². The van der Waals surface area contributed by atoms with E-state index in [1.165, 1.54) is 11.1 Å². The van der Waals surface area contributed by atoms with Crippen LogP contribution in [-0.2, 0) is 22.4 Å². The van der Waals surface area contributed by atoms with Gasteiger partial charge < -0.3 is 15.4 Å². The average Bonchev–Trinajstić information content (AvgIpc) is 3.39. The molecule has 0 aliphatic carbocycles. The topological polar surface area (TPSA) is 106 Å². The van der Waals surface area contributed by atoms with Crippen LogP contribution in [0.5, 0.6) is 0 Å². The minimum absolute atomic E-state index is 0.193. The molecule has 1 saturated heterocycles. The molecule has 35 heavy (non-hydrogen) atoms. The molecule has 3 aromatic rings. The molecule has 2 heterocycles. The maximum atomic E-state index is 13.4. The number of nitroso groups, excluding NO2 is 1. The van der Waals surface area contributed by atoms with E-state index in [-0.39, 0.29) is 12.3 Å². The summed E-state index contributed by atoms with van der Waals surface area (Å²) in [4.78, 5) is 39.6. The standard InChI is InChI=1S/C27H28N4O4/c32-26(28-23(21-12-5-2-6-13-21)19-22-14-7-8-17-31(22)35)25-15-9-16-30(25)27(33)24(29-34)18-20-10-3-1-4-11-20/h1-8,10-14,17,23-25H,9,15-16,18-19H2,(H,28,32)/t23-,24-,25-/m0/s1. The Morgan fingerprint density at radius 2 is 1.69 bits per heavy atom. The molecule has 1 N–H and O–H groups in total. The highest BCUT2D eigenvalue weighted by molar-refractivity contribution is 5.90. The number of benzene rings is 2. The largest absolute Gasteiger partial charge is 0.619 e. The first-order valence-corrected chi connectivity index (χ1v) is 11.8. The minimum atomic E-state index is -1.08. The van der Waals surface area contributed by atoms with E-state index in [0.29, 0.717) is 31.5 Å². The van der Waals surface area contributed by atoms with Crippen molar-refractivity contribution in [3.05, 3.63) is 112 Å². The van der Waals surface area contributed by atoms with Crippen molar-refractivity contribution in [1.82, 2.24) is 10.2 Å². The second-order valence-corrected chi connectivity index (χ2v) is 8.69. The first-order valence-electron chi connectivity index (χ1n) is 11.8. The average molecular weight is 473 g/mol. The molecule has 1 aliphatic rings. The van der Waals surface area contributed by atoms with Crippen LogP contribution in [0.25, 0.3) is 0 Å². The molecule has 1 fully saturated rings. The highest BCUT2D eigenvalue weighted by Crippen LogP contribution is 2.23. The molecule has 1 aromatic heterocycles. The summed E-state index contributed by atoms with van der Waals surface area (Å²) in [5.41, 5.74) is 2.22. The number of hydrogen-bond donors (Lipinski definition) is 1. The van der Waals surface area contributed by atoms with Crippen molar-refractivity contribution in [3.8, 4) is 0 Å². The third-order valence-corrected chi connectivity index (χ3v) is 6.36. The number of pyridine rings is 1. The molecular weight excluding hydrogens is 444 g/mol. The number of likely N-dealkylation sites (tertiary alicyclic amines) is 1. The molecule has 8 nitrogen and oxygen atoms in total. The van der Waals surface area contributed by atoms with Gasteiger partial charge in [0, 0.05) is 25.1 Å². The van der Waals surface area contributed by atoms with Gasteiger partial charge in [0.1, 0.15) is 6.04 Å². The van der Waals surface area contributed by atoms with Gasteiger partial charge >= 0.3 is 0 Å². The van der Waals surface area contributed by atoms with Crippen LogP contribution in [0, 0.1) is 10.1 Å². The van der Waals surface area contributed by atoms with Gasteiger partial charge in [0.15, 0.2) is 17.9 Å². The number of hydrogen-bond acceptors (Lipinski definition) is 5. The van der Waals surface area contributed by atoms with Crippen molar-refractivity contribution in [1.29, 1.82) is 0 Å². The Bertz CT molecular complexity index is 1160. The molecule has 0 spiro atoms. The smallest absolute Gasteiger partial charge is 0.252 e. The number of aromatic nitrogens is 1. The van der Waals surface area contributed by atoms with Gasteiger partial charge in [-0.05, 0) is 24.0 Å². The van der Waals surface area contributed by atoms with Crippen LogP contribution >= 0.6 is 0 Å². The Balaban J connectivity index is 1.50. The van der Waals surface area contributed by atoms with Crippen molar-refractivity contribution in [3.63, 3.8) is 0 Å². The van der Waals surface area contributed by atoms with Crippen molar-refractivity contribution in [2.45, 2.75) is 43.8 Å². The Morgan fingerprint density at radius 1 is 1.00 bits per heavy atom. The van der Waals surface area contributed by atoms with E-state index >= 15 is 0 Å². The first kappa shape index (κ1) is 24.1. The maximum Gasteiger partial charge on any atom is 0.252 e. The summed E-state index contributed by atoms with van der Waals surface area (Å²) in [5.74, 6) is -0.735. The molecule has 0 radical (unpaired) electrons. The minimum Gasteiger partial charge on any atom is -0.619 e. The van der Waals surface area contributed by atoms with Gasteiger partial charge in [0.25, 0.3) is 5.91 Å². The van der Waals surface area contributed by atoms with Crippen LogP contribution in [0.3, 0.4) is 0 Å². The highest BCUT2D eigenvalue weighted by Gasteiger charge is 2.38. The number of amides is 2. The number of nitrogens with one attached hydrogen (secondary N) is 1. The SMILES string of the molecule is O=N[C@@H](Cc1ccccc1)C(=O)N1CCC[C@H]1C(=O)N[C@@H](Cc1cccc[n+]1[O-])c1ccccc1. The third-order valence-electron chi connectivity index (χ3n) is 6.36. The fourth-order valence-electron chi connectivity index (χ4n) is 4.54. The zero-order valence-corrected chi connectivity index (χ0v) is 19.3. The van der Waals surface area contributed by atoms with Gasteiger partial charge in [-0.25, -0.2) is 0 Å². The lowest BCUT2D eigenvalue weighted by Gasteiger charge is -2.28. The van der Waals surface area contributed by atoms with Crippen LogP contribution in [0.2, 0.25) is 0 Å². The van der Waals surface area contributed by atoms with Crippen LogP contribution in [0.1, 0.15) is 35.7 Å². The highest BCUT2D eigenvalue weighted by atomic mass is 16.5. The maximum absolute atomic E-state index is 13.4. The number of carbonyl (C=O) groups is 2. The van der Waals surface area contributed by atoms with E-state index in [9.17, 15) is 19.7 Å². The van der Waals surface area contributed by atoms with Gasteiger partial charge in [0.2, 0.25) is 5.91 Å². The van der Waals surface area contributed by atoms with Crippen molar-refractivity contribution in [2.75, 3.05) is 6.54 Å². The molecule has 3 atom stereocenters. The number of nitrogens with zero attached hydrogens (tertiary/aromatic N) is 3. The summed E-state index contributed by atoms with van der Waals surface area (Å²) in [7, 11) is 0. The van der Waals surface area contributed by atoms with Crippen molar-refractivity contribution >= 4 is 11.8 Å². The van der Waals surface area contributed by atoms with Crippen LogP contribution < -0.4 is 10.0 Å². The molecule has 2 amide bonds. The molecule has 0 saturated carbocycles.